The number of nitrogens with one attached hydrogen (secondary N) is 1. The molecule has 0 radical (unpaired) electrons. The maximum atomic E-state index is 14.8. The molecule has 0 spiro atoms. The molecule has 0 aliphatic heterocycles. The molecule has 0 fully saturated rings. The second-order valence-electron chi connectivity index (χ2n) is 7.16. The van der Waals surface area contributed by atoms with Crippen LogP contribution in [0.4, 0.5) is 17.6 Å². The fourth-order valence-electron chi connectivity index (χ4n) is 3.28. The Balaban J connectivity index is 1.93. The van der Waals surface area contributed by atoms with Crippen LogP contribution in [0, 0.1) is 23.3 Å². The highest BCUT2D eigenvalue weighted by Gasteiger charge is 2.22. The Hall–Kier alpha value is -3.15. The molecule has 0 atom stereocenters. The lowest BCUT2D eigenvalue weighted by molar-refractivity contribution is 0.0978. The molecular formula is C21H11Cl2F4N3O3S. The molecular weight excluding hydrogens is 521 g/mol. The fraction of sp³-hybridized carbons (Fsp3) is 0.0476. The van der Waals surface area contributed by atoms with Crippen molar-refractivity contribution >= 4 is 50.0 Å². The second kappa shape index (κ2) is 8.57. The van der Waals surface area contributed by atoms with Gasteiger partial charge in [0.05, 0.1) is 28.0 Å². The molecule has 1 aromatic heterocycles. The average Bonchev–Trinajstić information content (AvgIpc) is 3.10. The number of fused-ring (bicyclic) bond motifs is 1. The lowest BCUT2D eigenvalue weighted by Gasteiger charge is -2.10. The van der Waals surface area contributed by atoms with E-state index in [0.29, 0.717) is 5.52 Å². The number of nitrogens with zero attached hydrogens (tertiary/aromatic N) is 2. The summed E-state index contributed by atoms with van der Waals surface area (Å²) < 4.78 is 81.3. The third-order valence-corrected chi connectivity index (χ3v) is 5.78. The normalized spacial score (nSPS) is 11.7. The molecule has 176 valence electrons. The van der Waals surface area contributed by atoms with Gasteiger partial charge in [0, 0.05) is 22.0 Å². The van der Waals surface area contributed by atoms with Crippen LogP contribution in [0.3, 0.4) is 0 Å². The molecule has 6 nitrogen and oxygen atoms in total. The van der Waals surface area contributed by atoms with Crippen molar-refractivity contribution in [2.75, 3.05) is 6.26 Å². The number of aromatic nitrogens is 2. The minimum atomic E-state index is -3.96. The SMILES string of the molecule is CS(=O)(=O)NC(=O)c1cc(Cl)c(-n2nc(-c3cc(F)c(F)c(F)c3)c3cc(Cl)ccc32)cc1F. The number of sulfonamides is 1. The lowest BCUT2D eigenvalue weighted by Crippen LogP contribution is -2.30. The summed E-state index contributed by atoms with van der Waals surface area (Å²) in [6.07, 6.45) is 0.725. The minimum absolute atomic E-state index is 0.00864. The Morgan fingerprint density at radius 3 is 2.24 bits per heavy atom. The number of amides is 1. The molecule has 4 aromatic rings. The van der Waals surface area contributed by atoms with Crippen LogP contribution in [0.2, 0.25) is 10.0 Å². The van der Waals surface area contributed by atoms with Crippen LogP contribution in [-0.4, -0.2) is 30.4 Å². The Kier molecular flexibility index (Phi) is 6.05. The zero-order chi connectivity index (χ0) is 24.9. The molecule has 0 saturated carbocycles. The predicted octanol–water partition coefficient (Wildman–Crippen LogP) is 5.25. The van der Waals surface area contributed by atoms with Crippen molar-refractivity contribution in [2.45, 2.75) is 0 Å². The molecule has 3 aromatic carbocycles. The Morgan fingerprint density at radius 1 is 0.971 bits per heavy atom. The Labute approximate surface area is 199 Å². The highest BCUT2D eigenvalue weighted by atomic mass is 35.5. The van der Waals surface area contributed by atoms with E-state index in [9.17, 15) is 30.8 Å². The summed E-state index contributed by atoms with van der Waals surface area (Å²) in [5.74, 6) is -6.88. The third kappa shape index (κ3) is 4.46. The molecule has 1 amide bonds. The van der Waals surface area contributed by atoms with Crippen molar-refractivity contribution in [3.05, 3.63) is 81.3 Å². The highest BCUT2D eigenvalue weighted by Crippen LogP contribution is 2.35. The summed E-state index contributed by atoms with van der Waals surface area (Å²) in [5, 5.41) is 4.62. The van der Waals surface area contributed by atoms with Crippen molar-refractivity contribution in [1.29, 1.82) is 0 Å². The van der Waals surface area contributed by atoms with Gasteiger partial charge in [-0.2, -0.15) is 5.10 Å². The molecule has 0 bridgehead atoms. The van der Waals surface area contributed by atoms with E-state index in [4.69, 9.17) is 23.2 Å². The van der Waals surface area contributed by atoms with Crippen molar-refractivity contribution in [3.8, 4) is 16.9 Å². The Bertz CT molecular complexity index is 1580. The van der Waals surface area contributed by atoms with Gasteiger partial charge in [-0.15, -0.1) is 0 Å². The first-order chi connectivity index (χ1) is 15.9. The predicted molar refractivity (Wildman–Crippen MR) is 119 cm³/mol. The van der Waals surface area contributed by atoms with E-state index >= 15 is 0 Å². The zero-order valence-electron chi connectivity index (χ0n) is 16.8. The van der Waals surface area contributed by atoms with Crippen LogP contribution < -0.4 is 4.72 Å². The average molecular weight is 532 g/mol. The standard InChI is InChI=1S/C21H11Cl2F4N3O3S/c1-34(32,33)29-21(31)11-7-13(23)18(8-14(11)24)30-17-3-2-10(22)6-12(17)20(28-30)9-4-15(25)19(27)16(26)5-9/h2-8H,1H3,(H,29,31). The van der Waals surface area contributed by atoms with Crippen LogP contribution in [-0.2, 0) is 10.0 Å². The zero-order valence-corrected chi connectivity index (χ0v) is 19.2. The van der Waals surface area contributed by atoms with E-state index in [2.05, 4.69) is 5.10 Å². The smallest absolute Gasteiger partial charge is 0.267 e. The van der Waals surface area contributed by atoms with E-state index in [1.165, 1.54) is 18.2 Å². The molecule has 0 aliphatic carbocycles. The first kappa shape index (κ1) is 24.0. The van der Waals surface area contributed by atoms with Gasteiger partial charge >= 0.3 is 0 Å². The van der Waals surface area contributed by atoms with Gasteiger partial charge < -0.3 is 0 Å². The van der Waals surface area contributed by atoms with E-state index in [-0.39, 0.29) is 32.4 Å². The van der Waals surface area contributed by atoms with Gasteiger partial charge in [-0.05, 0) is 36.4 Å². The van der Waals surface area contributed by atoms with Crippen molar-refractivity contribution in [2.24, 2.45) is 0 Å². The van der Waals surface area contributed by atoms with E-state index in [1.807, 2.05) is 0 Å². The lowest BCUT2D eigenvalue weighted by atomic mass is 10.1. The molecule has 1 heterocycles. The van der Waals surface area contributed by atoms with Crippen molar-refractivity contribution < 1.29 is 30.8 Å². The summed E-state index contributed by atoms with van der Waals surface area (Å²) in [6.45, 7) is 0. The quantitative estimate of drug-likeness (QED) is 0.288. The van der Waals surface area contributed by atoms with Gasteiger partial charge in [0.15, 0.2) is 17.5 Å². The van der Waals surface area contributed by atoms with E-state index in [0.717, 1.165) is 35.2 Å². The molecule has 0 aliphatic rings. The van der Waals surface area contributed by atoms with Gasteiger partial charge in [-0.3, -0.25) is 4.79 Å². The second-order valence-corrected chi connectivity index (χ2v) is 9.75. The summed E-state index contributed by atoms with van der Waals surface area (Å²) in [5.41, 5.74) is -0.550. The maximum Gasteiger partial charge on any atom is 0.267 e. The van der Waals surface area contributed by atoms with E-state index in [1.54, 1.807) is 4.72 Å². The summed E-state index contributed by atoms with van der Waals surface area (Å²) >= 11 is 12.3. The monoisotopic (exact) mass is 531 g/mol. The highest BCUT2D eigenvalue weighted by molar-refractivity contribution is 7.89. The molecule has 0 saturated heterocycles. The van der Waals surface area contributed by atoms with E-state index < -0.39 is 44.8 Å². The van der Waals surface area contributed by atoms with Gasteiger partial charge in [-0.25, -0.2) is 35.4 Å². The number of benzene rings is 3. The van der Waals surface area contributed by atoms with Gasteiger partial charge in [-0.1, -0.05) is 23.2 Å². The number of halogens is 6. The number of rotatable bonds is 4. The van der Waals surface area contributed by atoms with Crippen molar-refractivity contribution in [1.82, 2.24) is 14.5 Å². The molecule has 1 N–H and O–H groups in total. The van der Waals surface area contributed by atoms with Crippen LogP contribution in [0.1, 0.15) is 10.4 Å². The van der Waals surface area contributed by atoms with Crippen molar-refractivity contribution in [3.63, 3.8) is 0 Å². The molecule has 4 rings (SSSR count). The minimum Gasteiger partial charge on any atom is -0.268 e. The maximum absolute atomic E-state index is 14.8. The van der Waals surface area contributed by atoms with Crippen LogP contribution >= 0.6 is 23.2 Å². The summed E-state index contributed by atoms with van der Waals surface area (Å²) in [4.78, 5) is 12.1. The van der Waals surface area contributed by atoms with Gasteiger partial charge in [0.2, 0.25) is 10.0 Å². The molecule has 13 heteroatoms. The fourth-order valence-corrected chi connectivity index (χ4v) is 4.14. The van der Waals surface area contributed by atoms with Gasteiger partial charge in [0.1, 0.15) is 11.5 Å². The van der Waals surface area contributed by atoms with Crippen LogP contribution in [0.15, 0.2) is 42.5 Å². The topological polar surface area (TPSA) is 81.1 Å². The summed E-state index contributed by atoms with van der Waals surface area (Å²) in [7, 11) is -3.96. The number of carbonyl (C=O) groups is 1. The summed E-state index contributed by atoms with van der Waals surface area (Å²) in [6, 6.07) is 7.65. The molecule has 34 heavy (non-hydrogen) atoms. The third-order valence-electron chi connectivity index (χ3n) is 4.69. The molecule has 0 unspecified atom stereocenters. The van der Waals surface area contributed by atoms with Gasteiger partial charge in [0.25, 0.3) is 5.91 Å². The first-order valence-corrected chi connectivity index (χ1v) is 11.8. The largest absolute Gasteiger partial charge is 0.268 e. The number of carbonyl (C=O) groups excluding carboxylic acids is 1. The first-order valence-electron chi connectivity index (χ1n) is 9.20. The Morgan fingerprint density at radius 2 is 1.62 bits per heavy atom. The number of hydrogen-bond acceptors (Lipinski definition) is 4. The van der Waals surface area contributed by atoms with Crippen LogP contribution in [0.25, 0.3) is 27.8 Å². The number of hydrogen-bond donors (Lipinski definition) is 1. The van der Waals surface area contributed by atoms with Crippen LogP contribution in [0.5, 0.6) is 0 Å².